The van der Waals surface area contributed by atoms with Gasteiger partial charge in [0.2, 0.25) is 0 Å². The van der Waals surface area contributed by atoms with E-state index in [4.69, 9.17) is 0 Å². The van der Waals surface area contributed by atoms with Crippen molar-refractivity contribution in [1.82, 2.24) is 15.2 Å². The monoisotopic (exact) mass is 305 g/mol. The van der Waals surface area contributed by atoms with Gasteiger partial charge >= 0.3 is 0 Å². The van der Waals surface area contributed by atoms with Crippen LogP contribution in [0.25, 0.3) is 0 Å². The highest BCUT2D eigenvalue weighted by Gasteiger charge is 1.95. The Hall–Kier alpha value is -1.29. The van der Waals surface area contributed by atoms with Gasteiger partial charge in [-0.05, 0) is 53.4 Å². The molecule has 0 radical (unpaired) electrons. The minimum Gasteiger partial charge on any atom is -0.254 e. The summed E-state index contributed by atoms with van der Waals surface area (Å²) in [5.74, 6) is 0.949. The molecule has 1 aromatic heterocycles. The van der Waals surface area contributed by atoms with E-state index in [1.54, 1.807) is 18.1 Å². The number of allylic oxidation sites excluding steroid dienone is 5. The molecular formula is C17H27N3S. The van der Waals surface area contributed by atoms with Crippen LogP contribution in [0.5, 0.6) is 0 Å². The van der Waals surface area contributed by atoms with E-state index in [0.29, 0.717) is 0 Å². The first-order chi connectivity index (χ1) is 10.1. The van der Waals surface area contributed by atoms with Gasteiger partial charge in [-0.25, -0.2) is 4.98 Å². The third kappa shape index (κ3) is 9.29. The second-order valence-corrected chi connectivity index (χ2v) is 6.57. The minimum absolute atomic E-state index is 0.883. The maximum Gasteiger partial charge on any atom is 0.183 e. The predicted octanol–water partition coefficient (Wildman–Crippen LogP) is 5.32. The summed E-state index contributed by atoms with van der Waals surface area (Å²) in [7, 11) is 0. The number of aromatic amines is 1. The first kappa shape index (κ1) is 17.8. The van der Waals surface area contributed by atoms with Gasteiger partial charge in [-0.2, -0.15) is 5.10 Å². The van der Waals surface area contributed by atoms with Crippen LogP contribution in [0.15, 0.2) is 46.4 Å². The molecule has 0 aromatic carbocycles. The fraction of sp³-hybridized carbons (Fsp3) is 0.529. The molecule has 1 heterocycles. The Balaban J connectivity index is 2.19. The van der Waals surface area contributed by atoms with Crippen molar-refractivity contribution < 1.29 is 0 Å². The predicted molar refractivity (Wildman–Crippen MR) is 92.5 cm³/mol. The molecule has 0 aliphatic rings. The molecule has 0 amide bonds. The van der Waals surface area contributed by atoms with Crippen molar-refractivity contribution in [2.75, 3.05) is 5.75 Å². The Morgan fingerprint density at radius 2 is 1.71 bits per heavy atom. The van der Waals surface area contributed by atoms with Gasteiger partial charge in [0.1, 0.15) is 6.33 Å². The molecule has 0 spiro atoms. The number of H-pyrrole nitrogens is 1. The van der Waals surface area contributed by atoms with Gasteiger partial charge in [0, 0.05) is 5.75 Å². The molecule has 1 N–H and O–H groups in total. The number of hydrogen-bond donors (Lipinski definition) is 1. The van der Waals surface area contributed by atoms with Crippen LogP contribution in [0.4, 0.5) is 0 Å². The SMILES string of the molecule is CC(C)=CCC/C(C)=C/CC/C(C)=C/CSc1ncn[nH]1. The Morgan fingerprint density at radius 3 is 2.33 bits per heavy atom. The summed E-state index contributed by atoms with van der Waals surface area (Å²) in [5.41, 5.74) is 4.34. The minimum atomic E-state index is 0.883. The number of aromatic nitrogens is 3. The van der Waals surface area contributed by atoms with Crippen LogP contribution < -0.4 is 0 Å². The second-order valence-electron chi connectivity index (χ2n) is 5.56. The lowest BCUT2D eigenvalue weighted by molar-refractivity contribution is 0.917. The van der Waals surface area contributed by atoms with Crippen LogP contribution in [-0.2, 0) is 0 Å². The van der Waals surface area contributed by atoms with Gasteiger partial charge in [-0.15, -0.1) is 0 Å². The molecule has 0 saturated carbocycles. The summed E-state index contributed by atoms with van der Waals surface area (Å²) in [6.45, 7) is 8.75. The highest BCUT2D eigenvalue weighted by Crippen LogP contribution is 2.14. The highest BCUT2D eigenvalue weighted by molar-refractivity contribution is 7.99. The molecule has 0 bridgehead atoms. The maximum absolute atomic E-state index is 4.09. The average molecular weight is 305 g/mol. The van der Waals surface area contributed by atoms with Gasteiger partial charge in [0.05, 0.1) is 0 Å². The van der Waals surface area contributed by atoms with Crippen LogP contribution in [0.3, 0.4) is 0 Å². The van der Waals surface area contributed by atoms with Crippen LogP contribution in [0.1, 0.15) is 53.4 Å². The van der Waals surface area contributed by atoms with Crippen molar-refractivity contribution >= 4 is 11.8 Å². The zero-order valence-electron chi connectivity index (χ0n) is 13.6. The molecule has 0 saturated heterocycles. The molecule has 1 rings (SSSR count). The lowest BCUT2D eigenvalue weighted by Crippen LogP contribution is -1.83. The Labute approximate surface area is 133 Å². The molecule has 0 unspecified atom stereocenters. The van der Waals surface area contributed by atoms with Crippen LogP contribution in [0.2, 0.25) is 0 Å². The Morgan fingerprint density at radius 1 is 1.05 bits per heavy atom. The first-order valence-corrected chi connectivity index (χ1v) is 8.49. The molecular weight excluding hydrogens is 278 g/mol. The van der Waals surface area contributed by atoms with E-state index >= 15 is 0 Å². The van der Waals surface area contributed by atoms with E-state index in [1.165, 1.54) is 23.1 Å². The number of thioether (sulfide) groups is 1. The average Bonchev–Trinajstić information content (AvgIpc) is 2.91. The van der Waals surface area contributed by atoms with Gasteiger partial charge in [-0.1, -0.05) is 46.7 Å². The smallest absolute Gasteiger partial charge is 0.183 e. The number of hydrogen-bond acceptors (Lipinski definition) is 3. The van der Waals surface area contributed by atoms with Gasteiger partial charge in [0.15, 0.2) is 5.16 Å². The van der Waals surface area contributed by atoms with Crippen molar-refractivity contribution in [2.24, 2.45) is 0 Å². The van der Waals surface area contributed by atoms with Crippen molar-refractivity contribution in [3.8, 4) is 0 Å². The molecule has 4 heteroatoms. The van der Waals surface area contributed by atoms with E-state index in [1.807, 2.05) is 0 Å². The molecule has 3 nitrogen and oxygen atoms in total. The first-order valence-electron chi connectivity index (χ1n) is 7.50. The van der Waals surface area contributed by atoms with Crippen molar-refractivity contribution in [1.29, 1.82) is 0 Å². The third-order valence-corrected chi connectivity index (χ3v) is 3.97. The van der Waals surface area contributed by atoms with Gasteiger partial charge in [0.25, 0.3) is 0 Å². The molecule has 0 atom stereocenters. The summed E-state index contributed by atoms with van der Waals surface area (Å²) in [4.78, 5) is 4.09. The molecule has 0 fully saturated rings. The van der Waals surface area contributed by atoms with E-state index < -0.39 is 0 Å². The summed E-state index contributed by atoms with van der Waals surface area (Å²) >= 11 is 1.68. The van der Waals surface area contributed by atoms with Crippen LogP contribution in [-0.4, -0.2) is 20.9 Å². The number of nitrogens with zero attached hydrogens (tertiary/aromatic N) is 2. The largest absolute Gasteiger partial charge is 0.254 e. The van der Waals surface area contributed by atoms with Crippen LogP contribution in [0, 0.1) is 0 Å². The van der Waals surface area contributed by atoms with Crippen molar-refractivity contribution in [2.45, 2.75) is 58.5 Å². The lowest BCUT2D eigenvalue weighted by Gasteiger charge is -2.01. The Kier molecular flexibility index (Phi) is 8.83. The molecule has 21 heavy (non-hydrogen) atoms. The normalized spacial score (nSPS) is 12.6. The molecule has 0 aliphatic heterocycles. The maximum atomic E-state index is 4.09. The summed E-state index contributed by atoms with van der Waals surface area (Å²) < 4.78 is 0. The topological polar surface area (TPSA) is 41.6 Å². The van der Waals surface area contributed by atoms with Gasteiger partial charge < -0.3 is 0 Å². The van der Waals surface area contributed by atoms with Gasteiger partial charge in [-0.3, -0.25) is 5.10 Å². The lowest BCUT2D eigenvalue weighted by atomic mass is 10.1. The van der Waals surface area contributed by atoms with Crippen LogP contribution >= 0.6 is 11.8 Å². The fourth-order valence-corrected chi connectivity index (χ4v) is 2.63. The summed E-state index contributed by atoms with van der Waals surface area (Å²) in [5, 5.41) is 7.57. The third-order valence-electron chi connectivity index (χ3n) is 3.17. The van der Waals surface area contributed by atoms with Crippen molar-refractivity contribution in [3.63, 3.8) is 0 Å². The number of nitrogens with one attached hydrogen (secondary N) is 1. The quantitative estimate of drug-likeness (QED) is 0.496. The van der Waals surface area contributed by atoms with E-state index in [0.717, 1.165) is 30.2 Å². The highest BCUT2D eigenvalue weighted by atomic mass is 32.2. The zero-order chi connectivity index (χ0) is 15.5. The van der Waals surface area contributed by atoms with E-state index in [9.17, 15) is 0 Å². The van der Waals surface area contributed by atoms with E-state index in [2.05, 4.69) is 61.1 Å². The molecule has 0 aliphatic carbocycles. The molecule has 116 valence electrons. The summed E-state index contributed by atoms with van der Waals surface area (Å²) in [6, 6.07) is 0. The zero-order valence-corrected chi connectivity index (χ0v) is 14.5. The summed E-state index contributed by atoms with van der Waals surface area (Å²) in [6.07, 6.45) is 13.1. The van der Waals surface area contributed by atoms with E-state index in [-0.39, 0.29) is 0 Å². The number of rotatable bonds is 9. The standard InChI is InChI=1S/C17H27N3S/c1-14(2)7-5-8-15(3)9-6-10-16(4)11-12-21-17-18-13-19-20-17/h7,9,11,13H,5-6,8,10,12H2,1-4H3,(H,18,19,20)/b15-9+,16-11+. The molecule has 1 aromatic rings. The second kappa shape index (κ2) is 10.4. The fourth-order valence-electron chi connectivity index (χ4n) is 1.87. The van der Waals surface area contributed by atoms with Crippen molar-refractivity contribution in [3.05, 3.63) is 41.3 Å². The Bertz CT molecular complexity index is 480.